The van der Waals surface area contributed by atoms with E-state index in [9.17, 15) is 18.0 Å². The van der Waals surface area contributed by atoms with Crippen molar-refractivity contribution in [3.63, 3.8) is 0 Å². The van der Waals surface area contributed by atoms with Gasteiger partial charge in [-0.1, -0.05) is 18.2 Å². The van der Waals surface area contributed by atoms with Crippen molar-refractivity contribution in [3.05, 3.63) is 59.4 Å². The van der Waals surface area contributed by atoms with Crippen molar-refractivity contribution in [2.45, 2.75) is 18.8 Å². The lowest BCUT2D eigenvalue weighted by molar-refractivity contribution is 0.194. The molecule has 0 atom stereocenters. The smallest absolute Gasteiger partial charge is 0.321 e. The molecule has 3 rings (SSSR count). The monoisotopic (exact) mass is 364 g/mol. The number of likely N-dealkylation sites (tertiary alicyclic amines) is 1. The molecule has 0 radical (unpaired) electrons. The molecule has 1 heterocycles. The predicted molar refractivity (Wildman–Crippen MR) is 91.9 cm³/mol. The second-order valence-electron chi connectivity index (χ2n) is 6.16. The Balaban J connectivity index is 1.63. The Morgan fingerprint density at radius 2 is 1.77 bits per heavy atom. The van der Waals surface area contributed by atoms with E-state index in [2.05, 4.69) is 5.32 Å². The molecule has 1 aliphatic rings. The Morgan fingerprint density at radius 1 is 1.08 bits per heavy atom. The lowest BCUT2D eigenvalue weighted by atomic mass is 9.89. The van der Waals surface area contributed by atoms with Gasteiger partial charge in [0.05, 0.1) is 12.8 Å². The number of ether oxygens (including phenoxy) is 1. The number of nitrogens with zero attached hydrogens (tertiary/aromatic N) is 1. The van der Waals surface area contributed by atoms with Crippen molar-refractivity contribution in [3.8, 4) is 5.75 Å². The van der Waals surface area contributed by atoms with E-state index in [0.29, 0.717) is 13.1 Å². The predicted octanol–water partition coefficient (Wildman–Crippen LogP) is 4.52. The first-order valence-corrected chi connectivity index (χ1v) is 8.33. The first-order chi connectivity index (χ1) is 12.5. The number of urea groups is 1. The van der Waals surface area contributed by atoms with E-state index < -0.39 is 23.5 Å². The molecule has 2 amide bonds. The van der Waals surface area contributed by atoms with Crippen LogP contribution in [0, 0.1) is 17.5 Å². The highest BCUT2D eigenvalue weighted by Gasteiger charge is 2.26. The number of nitrogens with one attached hydrogen (secondary N) is 1. The molecule has 1 aliphatic heterocycles. The lowest BCUT2D eigenvalue weighted by Gasteiger charge is -2.32. The maximum absolute atomic E-state index is 13.7. The van der Waals surface area contributed by atoms with Gasteiger partial charge in [0.25, 0.3) is 0 Å². The summed E-state index contributed by atoms with van der Waals surface area (Å²) in [6, 6.07) is 9.02. The number of para-hydroxylation sites is 1. The number of halogens is 3. The summed E-state index contributed by atoms with van der Waals surface area (Å²) in [5.74, 6) is -3.22. The van der Waals surface area contributed by atoms with Crippen LogP contribution in [-0.2, 0) is 0 Å². The maximum atomic E-state index is 13.7. The van der Waals surface area contributed by atoms with Gasteiger partial charge in [0, 0.05) is 13.1 Å². The molecule has 138 valence electrons. The van der Waals surface area contributed by atoms with Gasteiger partial charge in [0.2, 0.25) is 0 Å². The third kappa shape index (κ3) is 3.61. The van der Waals surface area contributed by atoms with Crippen molar-refractivity contribution >= 4 is 11.7 Å². The van der Waals surface area contributed by atoms with E-state index in [1.165, 1.54) is 4.90 Å². The Bertz CT molecular complexity index is 805. The molecule has 2 aromatic rings. The van der Waals surface area contributed by atoms with Gasteiger partial charge in [0.15, 0.2) is 17.5 Å². The minimum absolute atomic E-state index is 0.259. The van der Waals surface area contributed by atoms with Crippen LogP contribution in [0.15, 0.2) is 36.4 Å². The van der Waals surface area contributed by atoms with E-state index >= 15 is 0 Å². The zero-order valence-corrected chi connectivity index (χ0v) is 14.3. The fourth-order valence-corrected chi connectivity index (χ4v) is 3.21. The Morgan fingerprint density at radius 3 is 2.46 bits per heavy atom. The number of rotatable bonds is 3. The third-order valence-electron chi connectivity index (χ3n) is 4.64. The highest BCUT2D eigenvalue weighted by Crippen LogP contribution is 2.34. The van der Waals surface area contributed by atoms with Crippen molar-refractivity contribution in [1.29, 1.82) is 0 Å². The summed E-state index contributed by atoms with van der Waals surface area (Å²) in [6.45, 7) is 0.944. The van der Waals surface area contributed by atoms with Gasteiger partial charge in [-0.25, -0.2) is 18.0 Å². The molecular formula is C19H19F3N2O2. The van der Waals surface area contributed by atoms with Gasteiger partial charge in [-0.15, -0.1) is 0 Å². The number of hydrogen-bond donors (Lipinski definition) is 1. The third-order valence-corrected chi connectivity index (χ3v) is 4.64. The topological polar surface area (TPSA) is 41.6 Å². The average molecular weight is 364 g/mol. The summed E-state index contributed by atoms with van der Waals surface area (Å²) in [6.07, 6.45) is 1.46. The molecule has 0 unspecified atom stereocenters. The number of carbonyl (C=O) groups is 1. The normalized spacial score (nSPS) is 15.0. The largest absolute Gasteiger partial charge is 0.496 e. The van der Waals surface area contributed by atoms with Gasteiger partial charge in [0.1, 0.15) is 5.75 Å². The second-order valence-corrected chi connectivity index (χ2v) is 6.16. The lowest BCUT2D eigenvalue weighted by Crippen LogP contribution is -2.40. The van der Waals surface area contributed by atoms with Crippen LogP contribution in [0.1, 0.15) is 24.3 Å². The first kappa shape index (κ1) is 18.1. The maximum Gasteiger partial charge on any atom is 0.321 e. The minimum Gasteiger partial charge on any atom is -0.496 e. The molecule has 7 heteroatoms. The molecule has 0 saturated carbocycles. The van der Waals surface area contributed by atoms with E-state index in [4.69, 9.17) is 4.74 Å². The van der Waals surface area contributed by atoms with Crippen LogP contribution in [0.5, 0.6) is 5.75 Å². The van der Waals surface area contributed by atoms with E-state index in [-0.39, 0.29) is 11.6 Å². The van der Waals surface area contributed by atoms with Crippen molar-refractivity contribution in [2.24, 2.45) is 0 Å². The van der Waals surface area contributed by atoms with Crippen LogP contribution >= 0.6 is 0 Å². The number of anilines is 1. The van der Waals surface area contributed by atoms with E-state index in [1.54, 1.807) is 7.11 Å². The van der Waals surface area contributed by atoms with Gasteiger partial charge >= 0.3 is 6.03 Å². The summed E-state index contributed by atoms with van der Waals surface area (Å²) >= 11 is 0. The van der Waals surface area contributed by atoms with Gasteiger partial charge in [-0.05, 0) is 42.5 Å². The second kappa shape index (κ2) is 7.68. The SMILES string of the molecule is COc1ccccc1C1CCN(C(=O)Nc2ccc(F)c(F)c2F)CC1. The van der Waals surface area contributed by atoms with Crippen LogP contribution in [0.2, 0.25) is 0 Å². The molecule has 1 fully saturated rings. The molecule has 0 bridgehead atoms. The summed E-state index contributed by atoms with van der Waals surface area (Å²) in [4.78, 5) is 13.8. The van der Waals surface area contributed by atoms with Gasteiger partial charge in [-0.3, -0.25) is 0 Å². The molecule has 2 aromatic carbocycles. The number of methoxy groups -OCH3 is 1. The summed E-state index contributed by atoms with van der Waals surface area (Å²) in [7, 11) is 1.62. The molecule has 1 saturated heterocycles. The van der Waals surface area contributed by atoms with Crippen LogP contribution in [-0.4, -0.2) is 31.1 Å². The van der Waals surface area contributed by atoms with Crippen LogP contribution in [0.3, 0.4) is 0 Å². The number of hydrogen-bond acceptors (Lipinski definition) is 2. The highest BCUT2D eigenvalue weighted by atomic mass is 19.2. The quantitative estimate of drug-likeness (QED) is 0.814. The van der Waals surface area contributed by atoms with Crippen LogP contribution in [0.4, 0.5) is 23.7 Å². The standard InChI is InChI=1S/C19H19F3N2O2/c1-26-16-5-3-2-4-13(16)12-8-10-24(11-9-12)19(25)23-15-7-6-14(20)17(21)18(15)22/h2-7,12H,8-11H2,1H3,(H,23,25). The van der Waals surface area contributed by atoms with Crippen LogP contribution < -0.4 is 10.1 Å². The first-order valence-electron chi connectivity index (χ1n) is 8.33. The number of amides is 2. The molecule has 0 aromatic heterocycles. The molecule has 26 heavy (non-hydrogen) atoms. The van der Waals surface area contributed by atoms with E-state index in [1.807, 2.05) is 24.3 Å². The molecule has 0 spiro atoms. The number of carbonyl (C=O) groups excluding carboxylic acids is 1. The Labute approximate surface area is 149 Å². The molecule has 0 aliphatic carbocycles. The Hall–Kier alpha value is -2.70. The van der Waals surface area contributed by atoms with Crippen molar-refractivity contribution in [1.82, 2.24) is 4.90 Å². The number of benzene rings is 2. The minimum atomic E-state index is -1.60. The summed E-state index contributed by atoms with van der Waals surface area (Å²) < 4.78 is 45.3. The van der Waals surface area contributed by atoms with E-state index in [0.717, 1.165) is 36.3 Å². The summed E-state index contributed by atoms with van der Waals surface area (Å²) in [5.41, 5.74) is 0.725. The molecule has 4 nitrogen and oxygen atoms in total. The summed E-state index contributed by atoms with van der Waals surface area (Å²) in [5, 5.41) is 2.31. The highest BCUT2D eigenvalue weighted by molar-refractivity contribution is 5.89. The van der Waals surface area contributed by atoms with Crippen molar-refractivity contribution in [2.75, 3.05) is 25.5 Å². The van der Waals surface area contributed by atoms with Crippen LogP contribution in [0.25, 0.3) is 0 Å². The zero-order chi connectivity index (χ0) is 18.7. The fraction of sp³-hybridized carbons (Fsp3) is 0.316. The average Bonchev–Trinajstić information content (AvgIpc) is 2.68. The van der Waals surface area contributed by atoms with Crippen molar-refractivity contribution < 1.29 is 22.7 Å². The Kier molecular flexibility index (Phi) is 5.35. The number of piperidine rings is 1. The van der Waals surface area contributed by atoms with Gasteiger partial charge in [-0.2, -0.15) is 0 Å². The molecule has 1 N–H and O–H groups in total. The zero-order valence-electron chi connectivity index (χ0n) is 14.3. The molecular weight excluding hydrogens is 345 g/mol. The van der Waals surface area contributed by atoms with Gasteiger partial charge < -0.3 is 15.0 Å². The fourth-order valence-electron chi connectivity index (χ4n) is 3.21.